The van der Waals surface area contributed by atoms with E-state index in [1.165, 1.54) is 0 Å². The number of carbonyl (C=O) groups is 2. The van der Waals surface area contributed by atoms with Gasteiger partial charge in [-0.1, -0.05) is 15.9 Å². The molecule has 0 amide bonds. The van der Waals surface area contributed by atoms with E-state index in [0.29, 0.717) is 30.7 Å². The van der Waals surface area contributed by atoms with Gasteiger partial charge in [-0.3, -0.25) is 4.79 Å². The summed E-state index contributed by atoms with van der Waals surface area (Å²) in [4.78, 5) is 22.3. The summed E-state index contributed by atoms with van der Waals surface area (Å²) in [6.45, 7) is 1.04. The molecule has 5 heteroatoms. The zero-order chi connectivity index (χ0) is 15.8. The predicted octanol–water partition coefficient (Wildman–Crippen LogP) is 3.92. The van der Waals surface area contributed by atoms with E-state index in [-0.39, 0.29) is 5.97 Å². The van der Waals surface area contributed by atoms with Gasteiger partial charge in [0.1, 0.15) is 6.29 Å². The van der Waals surface area contributed by atoms with Crippen molar-refractivity contribution in [3.05, 3.63) is 64.1 Å². The number of hydrogen-bond donors (Lipinski definition) is 1. The standard InChI is InChI=1S/C17H16BrNO3/c18-15-6-4-14(5-7-15)17(21)22-11-1-10-19-16-8-2-13(12-20)3-9-16/h2-9,12,19H,1,10-11H2. The third kappa shape index (κ3) is 5.00. The number of esters is 1. The minimum atomic E-state index is -0.317. The molecule has 0 aliphatic heterocycles. The molecule has 2 aromatic carbocycles. The van der Waals surface area contributed by atoms with Crippen molar-refractivity contribution in [2.75, 3.05) is 18.5 Å². The lowest BCUT2D eigenvalue weighted by Crippen LogP contribution is -2.10. The van der Waals surface area contributed by atoms with Gasteiger partial charge in [0.05, 0.1) is 12.2 Å². The lowest BCUT2D eigenvalue weighted by molar-refractivity contribution is 0.0504. The maximum Gasteiger partial charge on any atom is 0.338 e. The molecule has 0 fully saturated rings. The van der Waals surface area contributed by atoms with E-state index in [4.69, 9.17) is 4.74 Å². The SMILES string of the molecule is O=Cc1ccc(NCCCOC(=O)c2ccc(Br)cc2)cc1. The molecule has 0 spiro atoms. The van der Waals surface area contributed by atoms with E-state index in [0.717, 1.165) is 16.4 Å². The van der Waals surface area contributed by atoms with Crippen LogP contribution in [0.1, 0.15) is 27.1 Å². The molecule has 0 unspecified atom stereocenters. The average molecular weight is 362 g/mol. The van der Waals surface area contributed by atoms with E-state index in [1.807, 2.05) is 12.1 Å². The fourth-order valence-electron chi connectivity index (χ4n) is 1.82. The van der Waals surface area contributed by atoms with Crippen molar-refractivity contribution in [2.24, 2.45) is 0 Å². The van der Waals surface area contributed by atoms with Crippen LogP contribution in [0.2, 0.25) is 0 Å². The van der Waals surface area contributed by atoms with E-state index in [2.05, 4.69) is 21.2 Å². The average Bonchev–Trinajstić information content (AvgIpc) is 2.55. The maximum atomic E-state index is 11.8. The van der Waals surface area contributed by atoms with Gasteiger partial charge in [-0.25, -0.2) is 4.79 Å². The highest BCUT2D eigenvalue weighted by atomic mass is 79.9. The molecule has 0 bridgehead atoms. The van der Waals surface area contributed by atoms with Crippen LogP contribution in [-0.2, 0) is 4.74 Å². The maximum absolute atomic E-state index is 11.8. The highest BCUT2D eigenvalue weighted by molar-refractivity contribution is 9.10. The fourth-order valence-corrected chi connectivity index (χ4v) is 2.08. The number of hydrogen-bond acceptors (Lipinski definition) is 4. The van der Waals surface area contributed by atoms with Gasteiger partial charge in [0.25, 0.3) is 0 Å². The lowest BCUT2D eigenvalue weighted by atomic mass is 10.2. The van der Waals surface area contributed by atoms with Crippen molar-refractivity contribution in [1.29, 1.82) is 0 Å². The van der Waals surface area contributed by atoms with Crippen LogP contribution < -0.4 is 5.32 Å². The van der Waals surface area contributed by atoms with Gasteiger partial charge in [0.15, 0.2) is 0 Å². The molecule has 0 atom stereocenters. The predicted molar refractivity (Wildman–Crippen MR) is 89.4 cm³/mol. The quantitative estimate of drug-likeness (QED) is 0.461. The minimum Gasteiger partial charge on any atom is -0.462 e. The Morgan fingerprint density at radius 1 is 1.09 bits per heavy atom. The molecule has 0 aromatic heterocycles. The van der Waals surface area contributed by atoms with Crippen LogP contribution in [0.25, 0.3) is 0 Å². The summed E-state index contributed by atoms with van der Waals surface area (Å²) in [6, 6.07) is 14.3. The largest absolute Gasteiger partial charge is 0.462 e. The molecule has 114 valence electrons. The Labute approximate surface area is 137 Å². The molecule has 22 heavy (non-hydrogen) atoms. The van der Waals surface area contributed by atoms with Crippen LogP contribution in [0.3, 0.4) is 0 Å². The second-order valence-electron chi connectivity index (χ2n) is 4.66. The molecule has 0 heterocycles. The van der Waals surface area contributed by atoms with Crippen molar-refractivity contribution >= 4 is 33.9 Å². The Balaban J connectivity index is 1.67. The summed E-state index contributed by atoms with van der Waals surface area (Å²) in [5.74, 6) is -0.317. The van der Waals surface area contributed by atoms with Crippen LogP contribution in [0.15, 0.2) is 53.0 Å². The summed E-state index contributed by atoms with van der Waals surface area (Å²) in [5.41, 5.74) is 2.12. The van der Waals surface area contributed by atoms with Crippen molar-refractivity contribution in [2.45, 2.75) is 6.42 Å². The van der Waals surface area contributed by atoms with E-state index in [9.17, 15) is 9.59 Å². The van der Waals surface area contributed by atoms with Gasteiger partial charge in [0.2, 0.25) is 0 Å². The number of ether oxygens (including phenoxy) is 1. The summed E-state index contributed by atoms with van der Waals surface area (Å²) < 4.78 is 6.13. The number of carbonyl (C=O) groups excluding carboxylic acids is 2. The number of rotatable bonds is 7. The monoisotopic (exact) mass is 361 g/mol. The molecule has 0 saturated heterocycles. The molecule has 4 nitrogen and oxygen atoms in total. The minimum absolute atomic E-state index is 0.317. The summed E-state index contributed by atoms with van der Waals surface area (Å²) >= 11 is 3.32. The number of nitrogens with one attached hydrogen (secondary N) is 1. The Morgan fingerprint density at radius 3 is 2.41 bits per heavy atom. The smallest absolute Gasteiger partial charge is 0.338 e. The molecule has 0 aliphatic carbocycles. The zero-order valence-electron chi connectivity index (χ0n) is 11.9. The van der Waals surface area contributed by atoms with E-state index >= 15 is 0 Å². The van der Waals surface area contributed by atoms with Crippen molar-refractivity contribution < 1.29 is 14.3 Å². The second-order valence-corrected chi connectivity index (χ2v) is 5.58. The highest BCUT2D eigenvalue weighted by Gasteiger charge is 2.05. The lowest BCUT2D eigenvalue weighted by Gasteiger charge is -2.07. The number of halogens is 1. The van der Waals surface area contributed by atoms with Crippen LogP contribution in [0, 0.1) is 0 Å². The highest BCUT2D eigenvalue weighted by Crippen LogP contribution is 2.11. The first-order chi connectivity index (χ1) is 10.7. The zero-order valence-corrected chi connectivity index (χ0v) is 13.5. The van der Waals surface area contributed by atoms with Crippen molar-refractivity contribution in [3.63, 3.8) is 0 Å². The first-order valence-corrected chi connectivity index (χ1v) is 7.70. The first-order valence-electron chi connectivity index (χ1n) is 6.91. The number of anilines is 1. The summed E-state index contributed by atoms with van der Waals surface area (Å²) in [7, 11) is 0. The first kappa shape index (κ1) is 16.2. The van der Waals surface area contributed by atoms with Crippen LogP contribution >= 0.6 is 15.9 Å². The van der Waals surface area contributed by atoms with Gasteiger partial charge in [-0.15, -0.1) is 0 Å². The Bertz CT molecular complexity index is 623. The van der Waals surface area contributed by atoms with Crippen molar-refractivity contribution in [3.8, 4) is 0 Å². The van der Waals surface area contributed by atoms with Crippen LogP contribution in [0.4, 0.5) is 5.69 Å². The molecule has 2 rings (SSSR count). The second kappa shape index (κ2) is 8.34. The molecule has 0 saturated carbocycles. The van der Waals surface area contributed by atoms with Gasteiger partial charge >= 0.3 is 5.97 Å². The molecular formula is C17H16BrNO3. The summed E-state index contributed by atoms with van der Waals surface area (Å²) in [6.07, 6.45) is 1.52. The van der Waals surface area contributed by atoms with E-state index in [1.54, 1.807) is 36.4 Å². The Morgan fingerprint density at radius 2 is 1.77 bits per heavy atom. The van der Waals surface area contributed by atoms with Gasteiger partial charge in [-0.05, 0) is 55.0 Å². The fraction of sp³-hybridized carbons (Fsp3) is 0.176. The van der Waals surface area contributed by atoms with Gasteiger partial charge < -0.3 is 10.1 Å². The van der Waals surface area contributed by atoms with Gasteiger partial charge in [0, 0.05) is 22.3 Å². The molecule has 0 radical (unpaired) electrons. The Hall–Kier alpha value is -2.14. The van der Waals surface area contributed by atoms with Crippen molar-refractivity contribution in [1.82, 2.24) is 0 Å². The number of aldehydes is 1. The van der Waals surface area contributed by atoms with Crippen LogP contribution in [0.5, 0.6) is 0 Å². The summed E-state index contributed by atoms with van der Waals surface area (Å²) in [5, 5.41) is 3.20. The molecule has 1 N–H and O–H groups in total. The van der Waals surface area contributed by atoms with E-state index < -0.39 is 0 Å². The molecule has 2 aromatic rings. The molecule has 0 aliphatic rings. The Kier molecular flexibility index (Phi) is 6.15. The van der Waals surface area contributed by atoms with Crippen LogP contribution in [-0.4, -0.2) is 25.4 Å². The normalized spacial score (nSPS) is 10.0. The molecular weight excluding hydrogens is 346 g/mol. The topological polar surface area (TPSA) is 55.4 Å². The third-order valence-corrected chi connectivity index (χ3v) is 3.54. The van der Waals surface area contributed by atoms with Gasteiger partial charge in [-0.2, -0.15) is 0 Å². The third-order valence-electron chi connectivity index (χ3n) is 3.01. The number of benzene rings is 2.